The van der Waals surface area contributed by atoms with Gasteiger partial charge >= 0.3 is 0 Å². The maximum absolute atomic E-state index is 12.0. The summed E-state index contributed by atoms with van der Waals surface area (Å²) in [4.78, 5) is 51.7. The minimum atomic E-state index is 0. The van der Waals surface area contributed by atoms with Crippen molar-refractivity contribution in [2.75, 3.05) is 0 Å². The van der Waals surface area contributed by atoms with Gasteiger partial charge in [-0.05, 0) is 55.4 Å². The summed E-state index contributed by atoms with van der Waals surface area (Å²) in [5.74, 6) is 0.876. The van der Waals surface area contributed by atoms with Crippen LogP contribution in [-0.4, -0.2) is 28.9 Å². The second-order valence-electron chi connectivity index (χ2n) is 10.7. The highest BCUT2D eigenvalue weighted by Gasteiger charge is 2.06. The molecule has 5 nitrogen and oxygen atoms in total. The number of hydrogen-bond acceptors (Lipinski definition) is 5. The summed E-state index contributed by atoms with van der Waals surface area (Å²) < 4.78 is 0. The average molecular weight is 641 g/mol. The Bertz CT molecular complexity index is 1380. The molecule has 4 aromatic carbocycles. The number of carbonyl (C=O) groups is 5. The zero-order valence-electron chi connectivity index (χ0n) is 29.3. The predicted molar refractivity (Wildman–Crippen MR) is 198 cm³/mol. The first-order chi connectivity index (χ1) is 21.6. The average Bonchev–Trinajstić information content (AvgIpc) is 3.04. The van der Waals surface area contributed by atoms with Gasteiger partial charge in [-0.15, -0.1) is 0 Å². The van der Waals surface area contributed by atoms with Crippen LogP contribution in [0.5, 0.6) is 0 Å². The second-order valence-corrected chi connectivity index (χ2v) is 10.7. The van der Waals surface area contributed by atoms with Crippen LogP contribution in [0.2, 0.25) is 0 Å². The van der Waals surface area contributed by atoms with Crippen LogP contribution in [0.1, 0.15) is 112 Å². The van der Waals surface area contributed by atoms with Gasteiger partial charge in [0.2, 0.25) is 0 Å². The molecule has 0 bridgehead atoms. The van der Waals surface area contributed by atoms with E-state index in [9.17, 15) is 24.0 Å². The number of ketones is 5. The Hall–Kier alpha value is -4.77. The van der Waals surface area contributed by atoms with Crippen LogP contribution in [0.3, 0.4) is 0 Å². The van der Waals surface area contributed by atoms with E-state index in [0.717, 1.165) is 16.7 Å². The van der Waals surface area contributed by atoms with Crippen LogP contribution in [0.4, 0.5) is 0 Å². The molecular formula is C42H56O5. The fourth-order valence-electron chi connectivity index (χ4n) is 2.77. The highest BCUT2D eigenvalue weighted by Crippen LogP contribution is 2.10. The third kappa shape index (κ3) is 28.4. The van der Waals surface area contributed by atoms with Gasteiger partial charge in [0, 0.05) is 29.5 Å². The van der Waals surface area contributed by atoms with Crippen molar-refractivity contribution in [3.8, 4) is 0 Å². The molecule has 4 rings (SSSR count). The van der Waals surface area contributed by atoms with Crippen molar-refractivity contribution in [1.29, 1.82) is 0 Å². The van der Waals surface area contributed by atoms with Gasteiger partial charge in [0.15, 0.2) is 11.6 Å². The summed E-state index contributed by atoms with van der Waals surface area (Å²) >= 11 is 0. The first kappa shape index (κ1) is 46.6. The van der Waals surface area contributed by atoms with E-state index in [-0.39, 0.29) is 36.3 Å². The van der Waals surface area contributed by atoms with Crippen LogP contribution in [-0.2, 0) is 14.4 Å². The number of rotatable bonds is 5. The zero-order valence-corrected chi connectivity index (χ0v) is 29.3. The Balaban J connectivity index is -0.000000529. The lowest BCUT2D eigenvalue weighted by atomic mass is 10.0. The van der Waals surface area contributed by atoms with Crippen molar-refractivity contribution in [1.82, 2.24) is 0 Å². The third-order valence-corrected chi connectivity index (χ3v) is 5.74. The summed E-state index contributed by atoms with van der Waals surface area (Å²) in [5.41, 5.74) is 6.08. The van der Waals surface area contributed by atoms with Gasteiger partial charge in [0.25, 0.3) is 0 Å². The van der Waals surface area contributed by atoms with Crippen molar-refractivity contribution < 1.29 is 24.0 Å². The summed E-state index contributed by atoms with van der Waals surface area (Å²) in [6.45, 7) is 17.7. The molecular weight excluding hydrogens is 584 g/mol. The summed E-state index contributed by atoms with van der Waals surface area (Å²) in [6.07, 6.45) is 1.33. The molecule has 0 unspecified atom stereocenters. The van der Waals surface area contributed by atoms with Gasteiger partial charge in [-0.3, -0.25) is 9.59 Å². The van der Waals surface area contributed by atoms with E-state index in [1.165, 1.54) is 30.5 Å². The van der Waals surface area contributed by atoms with Gasteiger partial charge in [0.05, 0.1) is 0 Å². The smallest absolute Gasteiger partial charge is 0.193 e. The van der Waals surface area contributed by atoms with Gasteiger partial charge < -0.3 is 14.4 Å². The molecule has 0 saturated heterocycles. The van der Waals surface area contributed by atoms with Crippen LogP contribution >= 0.6 is 0 Å². The Kier molecular flexibility index (Phi) is 28.5. The zero-order chi connectivity index (χ0) is 35.5. The van der Waals surface area contributed by atoms with Crippen LogP contribution in [0.25, 0.3) is 0 Å². The lowest BCUT2D eigenvalue weighted by molar-refractivity contribution is -0.117. The largest absolute Gasteiger partial charge is 0.300 e. The molecule has 0 radical (unpaired) electrons. The van der Waals surface area contributed by atoms with Crippen molar-refractivity contribution in [3.63, 3.8) is 0 Å². The normalized spacial score (nSPS) is 8.64. The molecule has 0 aromatic heterocycles. The number of carbonyl (C=O) groups excluding carboxylic acids is 5. The van der Waals surface area contributed by atoms with E-state index >= 15 is 0 Å². The van der Waals surface area contributed by atoms with Crippen molar-refractivity contribution in [2.24, 2.45) is 0 Å². The fourth-order valence-corrected chi connectivity index (χ4v) is 2.77. The lowest BCUT2D eigenvalue weighted by Gasteiger charge is -2.00. The molecule has 0 spiro atoms. The van der Waals surface area contributed by atoms with Crippen molar-refractivity contribution in [2.45, 2.75) is 89.5 Å². The van der Waals surface area contributed by atoms with Crippen molar-refractivity contribution in [3.05, 3.63) is 143 Å². The van der Waals surface area contributed by atoms with Crippen LogP contribution in [0.15, 0.2) is 109 Å². The Labute approximate surface area is 284 Å². The van der Waals surface area contributed by atoms with E-state index in [2.05, 4.69) is 38.1 Å². The molecule has 0 N–H and O–H groups in total. The first-order valence-corrected chi connectivity index (χ1v) is 15.4. The van der Waals surface area contributed by atoms with Crippen LogP contribution < -0.4 is 0 Å². The van der Waals surface area contributed by atoms with E-state index in [0.29, 0.717) is 12.8 Å². The number of Topliss-reactive ketones (excluding diaryl/α,β-unsaturated/α-hetero) is 4. The molecule has 0 atom stereocenters. The molecule has 5 heteroatoms. The van der Waals surface area contributed by atoms with Gasteiger partial charge in [0.1, 0.15) is 17.3 Å². The maximum Gasteiger partial charge on any atom is 0.193 e. The predicted octanol–water partition coefficient (Wildman–Crippen LogP) is 10.6. The topological polar surface area (TPSA) is 85.3 Å². The Morgan fingerprint density at radius 1 is 0.426 bits per heavy atom. The Morgan fingerprint density at radius 2 is 0.660 bits per heavy atom. The quantitative estimate of drug-likeness (QED) is 0.203. The minimum absolute atomic E-state index is 0. The molecule has 0 fully saturated rings. The number of aryl methyl sites for hydroxylation is 3. The van der Waals surface area contributed by atoms with E-state index in [4.69, 9.17) is 0 Å². The van der Waals surface area contributed by atoms with E-state index in [1.807, 2.05) is 106 Å². The molecule has 0 saturated carbocycles. The molecule has 254 valence electrons. The molecule has 0 aliphatic heterocycles. The van der Waals surface area contributed by atoms with Crippen LogP contribution in [0, 0.1) is 20.8 Å². The van der Waals surface area contributed by atoms with Gasteiger partial charge in [-0.2, -0.15) is 0 Å². The number of hydrogen-bond donors (Lipinski definition) is 0. The SMILES string of the molecule is C.CC(=O)c1ccccc1.CC(C)=O.CCC(C)=O.CCC(C)=O.Cc1ccc(C(=O)c2ccccc2)cc1.Cc1ccc(C)cc1. The third-order valence-electron chi connectivity index (χ3n) is 5.74. The number of benzene rings is 4. The van der Waals surface area contributed by atoms with E-state index in [1.54, 1.807) is 20.8 Å². The van der Waals surface area contributed by atoms with Gasteiger partial charge in [-0.25, -0.2) is 0 Å². The second kappa shape index (κ2) is 28.7. The summed E-state index contributed by atoms with van der Waals surface area (Å²) in [5, 5.41) is 0. The molecule has 0 amide bonds. The highest BCUT2D eigenvalue weighted by atomic mass is 16.1. The summed E-state index contributed by atoms with van der Waals surface area (Å²) in [6, 6.07) is 34.7. The Morgan fingerprint density at radius 3 is 0.894 bits per heavy atom. The molecule has 0 aliphatic carbocycles. The highest BCUT2D eigenvalue weighted by molar-refractivity contribution is 6.08. The first-order valence-electron chi connectivity index (χ1n) is 15.4. The monoisotopic (exact) mass is 640 g/mol. The molecule has 4 aromatic rings. The summed E-state index contributed by atoms with van der Waals surface area (Å²) in [7, 11) is 0. The van der Waals surface area contributed by atoms with Crippen molar-refractivity contribution >= 4 is 28.9 Å². The fraction of sp³-hybridized carbons (Fsp3) is 0.310. The lowest BCUT2D eigenvalue weighted by Crippen LogP contribution is -2.00. The standard InChI is InChI=1S/C14H12O.C8H8O.C8H10.2C4H8O.C3H6O.CH4/c1-11-7-9-13(10-8-11)14(15)12-5-3-2-4-6-12;1-7(9)8-5-3-2-4-6-8;1-7-3-5-8(2)6-4-7;2*1-3-4(2)5;1-3(2)4;/h2-10H,1H3;2-6H,1H3;3-6H,1-2H3;2*3H2,1-2H3;1-2H3;1H4. The minimum Gasteiger partial charge on any atom is -0.300 e. The van der Waals surface area contributed by atoms with E-state index < -0.39 is 0 Å². The maximum atomic E-state index is 12.0. The molecule has 0 aliphatic rings. The molecule has 47 heavy (non-hydrogen) atoms. The molecule has 0 heterocycles. The van der Waals surface area contributed by atoms with Gasteiger partial charge in [-0.1, -0.05) is 147 Å².